The van der Waals surface area contributed by atoms with Gasteiger partial charge < -0.3 is 19.6 Å². The lowest BCUT2D eigenvalue weighted by Gasteiger charge is -2.30. The summed E-state index contributed by atoms with van der Waals surface area (Å²) in [5.41, 5.74) is -0.187. The van der Waals surface area contributed by atoms with Gasteiger partial charge >= 0.3 is 17.9 Å². The first-order chi connectivity index (χ1) is 11.9. The third-order valence-electron chi connectivity index (χ3n) is 4.17. The molecule has 1 unspecified atom stereocenters. The number of anilines is 1. The molecular weight excluding hydrogens is 328 g/mol. The van der Waals surface area contributed by atoms with Crippen LogP contribution < -0.4 is 10.1 Å². The molecule has 1 amide bonds. The summed E-state index contributed by atoms with van der Waals surface area (Å²) in [6.07, 6.45) is 0.731. The van der Waals surface area contributed by atoms with Crippen molar-refractivity contribution in [2.75, 3.05) is 11.9 Å². The highest BCUT2D eigenvalue weighted by atomic mass is 16.6. The van der Waals surface area contributed by atoms with Crippen LogP contribution >= 0.6 is 0 Å². The fourth-order valence-corrected chi connectivity index (χ4v) is 2.58. The van der Waals surface area contributed by atoms with Gasteiger partial charge in [0.15, 0.2) is 5.60 Å². The molecule has 1 aliphatic heterocycles. The van der Waals surface area contributed by atoms with Gasteiger partial charge in [0.05, 0.1) is 6.54 Å². The van der Waals surface area contributed by atoms with Gasteiger partial charge in [-0.25, -0.2) is 4.79 Å². The van der Waals surface area contributed by atoms with E-state index in [2.05, 4.69) is 10.3 Å². The van der Waals surface area contributed by atoms with E-state index in [1.54, 1.807) is 28.8 Å². The van der Waals surface area contributed by atoms with Crippen molar-refractivity contribution in [3.8, 4) is 6.01 Å². The van der Waals surface area contributed by atoms with Crippen molar-refractivity contribution in [3.63, 3.8) is 0 Å². The fraction of sp³-hybridized carbons (Fsp3) is 0.375. The van der Waals surface area contributed by atoms with E-state index >= 15 is 0 Å². The van der Waals surface area contributed by atoms with E-state index < -0.39 is 16.6 Å². The first kappa shape index (κ1) is 16.7. The van der Waals surface area contributed by atoms with E-state index in [-0.39, 0.29) is 24.4 Å². The Labute approximate surface area is 143 Å². The summed E-state index contributed by atoms with van der Waals surface area (Å²) in [6, 6.07) is 9.11. The first-order valence-electron chi connectivity index (χ1n) is 7.79. The molecule has 2 aromatic rings. The SMILES string of the molecule is CC(C)C1(COC(=O)Nc2ccccc2)Cn2cc([N+](=O)[O-])nc2O1. The summed E-state index contributed by atoms with van der Waals surface area (Å²) in [4.78, 5) is 26.0. The minimum Gasteiger partial charge on any atom is -0.445 e. The monoisotopic (exact) mass is 346 g/mol. The van der Waals surface area contributed by atoms with Gasteiger partial charge in [0.1, 0.15) is 12.8 Å². The predicted molar refractivity (Wildman–Crippen MR) is 88.5 cm³/mol. The van der Waals surface area contributed by atoms with E-state index in [0.29, 0.717) is 12.2 Å². The van der Waals surface area contributed by atoms with Crippen molar-refractivity contribution in [2.45, 2.75) is 26.0 Å². The fourth-order valence-electron chi connectivity index (χ4n) is 2.58. The molecule has 0 spiro atoms. The molecule has 0 saturated heterocycles. The number of carbonyl (C=O) groups is 1. The summed E-state index contributed by atoms with van der Waals surface area (Å²) >= 11 is 0. The average molecular weight is 346 g/mol. The number of aromatic nitrogens is 2. The lowest BCUT2D eigenvalue weighted by molar-refractivity contribution is -0.389. The van der Waals surface area contributed by atoms with E-state index in [1.165, 1.54) is 6.20 Å². The largest absolute Gasteiger partial charge is 0.445 e. The molecule has 9 nitrogen and oxygen atoms in total. The molecule has 1 aromatic carbocycles. The highest BCUT2D eigenvalue weighted by molar-refractivity contribution is 5.84. The minimum absolute atomic E-state index is 0.000487. The van der Waals surface area contributed by atoms with Crippen LogP contribution in [0.5, 0.6) is 6.01 Å². The molecule has 1 atom stereocenters. The maximum absolute atomic E-state index is 12.0. The third-order valence-corrected chi connectivity index (χ3v) is 4.17. The number of nitrogens with zero attached hydrogens (tertiary/aromatic N) is 3. The number of imidazole rings is 1. The van der Waals surface area contributed by atoms with Crippen molar-refractivity contribution < 1.29 is 19.2 Å². The van der Waals surface area contributed by atoms with Crippen molar-refractivity contribution in [1.29, 1.82) is 0 Å². The Morgan fingerprint density at radius 1 is 1.48 bits per heavy atom. The van der Waals surface area contributed by atoms with Gasteiger partial charge in [0.25, 0.3) is 0 Å². The molecule has 2 heterocycles. The minimum atomic E-state index is -0.814. The number of benzene rings is 1. The summed E-state index contributed by atoms with van der Waals surface area (Å²) in [5, 5.41) is 13.4. The number of amides is 1. The molecule has 0 bridgehead atoms. The molecule has 3 rings (SSSR count). The zero-order valence-corrected chi connectivity index (χ0v) is 13.8. The Morgan fingerprint density at radius 2 is 2.20 bits per heavy atom. The van der Waals surface area contributed by atoms with Crippen LogP contribution in [0.15, 0.2) is 36.5 Å². The topological polar surface area (TPSA) is 109 Å². The number of rotatable bonds is 5. The van der Waals surface area contributed by atoms with Crippen LogP contribution in [0, 0.1) is 16.0 Å². The van der Waals surface area contributed by atoms with Crippen molar-refractivity contribution in [2.24, 2.45) is 5.92 Å². The average Bonchev–Trinajstić information content (AvgIpc) is 3.10. The molecule has 9 heteroatoms. The van der Waals surface area contributed by atoms with Gasteiger partial charge in [-0.15, -0.1) is 0 Å². The lowest BCUT2D eigenvalue weighted by atomic mass is 9.91. The molecule has 0 aliphatic carbocycles. The Balaban J connectivity index is 1.65. The third kappa shape index (κ3) is 3.39. The number of hydrogen-bond acceptors (Lipinski definition) is 6. The van der Waals surface area contributed by atoms with E-state index in [0.717, 1.165) is 0 Å². The maximum atomic E-state index is 12.0. The van der Waals surface area contributed by atoms with Crippen LogP contribution in [0.25, 0.3) is 0 Å². The lowest BCUT2D eigenvalue weighted by Crippen LogP contribution is -2.46. The second-order valence-electron chi connectivity index (χ2n) is 6.16. The Morgan fingerprint density at radius 3 is 2.80 bits per heavy atom. The zero-order valence-electron chi connectivity index (χ0n) is 13.8. The summed E-state index contributed by atoms with van der Waals surface area (Å²) < 4.78 is 12.7. The molecule has 1 aromatic heterocycles. The molecule has 132 valence electrons. The van der Waals surface area contributed by atoms with E-state index in [1.807, 2.05) is 19.9 Å². The summed E-state index contributed by atoms with van der Waals surface area (Å²) in [6.45, 7) is 4.18. The van der Waals surface area contributed by atoms with Crippen molar-refractivity contribution in [3.05, 3.63) is 46.6 Å². The van der Waals surface area contributed by atoms with Gasteiger partial charge in [-0.2, -0.15) is 0 Å². The van der Waals surface area contributed by atoms with Crippen molar-refractivity contribution in [1.82, 2.24) is 9.55 Å². The number of carbonyl (C=O) groups excluding carboxylic acids is 1. The first-order valence-corrected chi connectivity index (χ1v) is 7.79. The molecule has 0 radical (unpaired) electrons. The second kappa shape index (κ2) is 6.42. The normalized spacial score (nSPS) is 18.5. The molecule has 25 heavy (non-hydrogen) atoms. The Bertz CT molecular complexity index is 764. The quantitative estimate of drug-likeness (QED) is 0.659. The number of hydrogen-bond donors (Lipinski definition) is 1. The van der Waals surface area contributed by atoms with Gasteiger partial charge in [-0.3, -0.25) is 9.88 Å². The van der Waals surface area contributed by atoms with Crippen LogP contribution in [0.4, 0.5) is 16.3 Å². The van der Waals surface area contributed by atoms with Crippen LogP contribution in [-0.2, 0) is 11.3 Å². The van der Waals surface area contributed by atoms with E-state index in [9.17, 15) is 14.9 Å². The number of ether oxygens (including phenoxy) is 2. The molecule has 0 fully saturated rings. The van der Waals surface area contributed by atoms with Gasteiger partial charge in [-0.05, 0) is 23.0 Å². The predicted octanol–water partition coefficient (Wildman–Crippen LogP) is 2.83. The van der Waals surface area contributed by atoms with Crippen molar-refractivity contribution >= 4 is 17.6 Å². The van der Waals surface area contributed by atoms with Crippen LogP contribution in [0.2, 0.25) is 0 Å². The second-order valence-corrected chi connectivity index (χ2v) is 6.16. The number of nitrogens with one attached hydrogen (secondary N) is 1. The zero-order chi connectivity index (χ0) is 18.0. The Kier molecular flexibility index (Phi) is 4.30. The van der Waals surface area contributed by atoms with Crippen LogP contribution in [0.1, 0.15) is 13.8 Å². The Hall–Kier alpha value is -3.10. The number of fused-ring (bicyclic) bond motifs is 1. The molecule has 1 N–H and O–H groups in total. The summed E-state index contributed by atoms with van der Waals surface area (Å²) in [5.74, 6) is -0.270. The molecule has 0 saturated carbocycles. The molecule has 1 aliphatic rings. The number of nitro groups is 1. The van der Waals surface area contributed by atoms with Gasteiger partial charge in [-0.1, -0.05) is 32.0 Å². The van der Waals surface area contributed by atoms with Gasteiger partial charge in [0.2, 0.25) is 0 Å². The standard InChI is InChI=1S/C16H18N4O5/c1-11(2)16(9-19-8-13(20(22)23)18-14(19)25-16)10-24-15(21)17-12-6-4-3-5-7-12/h3-8,11H,9-10H2,1-2H3,(H,17,21). The van der Waals surface area contributed by atoms with Gasteiger partial charge in [0, 0.05) is 10.7 Å². The number of para-hydroxylation sites is 1. The van der Waals surface area contributed by atoms with E-state index in [4.69, 9.17) is 9.47 Å². The maximum Gasteiger partial charge on any atom is 0.415 e. The highest BCUT2D eigenvalue weighted by Crippen LogP contribution is 2.36. The van der Waals surface area contributed by atoms with Crippen LogP contribution in [-0.4, -0.2) is 32.8 Å². The summed E-state index contributed by atoms with van der Waals surface area (Å²) in [7, 11) is 0. The smallest absolute Gasteiger partial charge is 0.415 e. The highest BCUT2D eigenvalue weighted by Gasteiger charge is 2.47. The molecular formula is C16H18N4O5. The van der Waals surface area contributed by atoms with Crippen LogP contribution in [0.3, 0.4) is 0 Å².